The van der Waals surface area contributed by atoms with Crippen molar-refractivity contribution in [2.45, 2.75) is 18.9 Å². The molecule has 3 aromatic carbocycles. The SMILES string of the molecule is N#C/C(=C\c1cn(Cc2cc(C(F)(F)F)cc(C(F)(F)F)c2)c2cc(Cl)ccc12)c1ccc(C(=O)O)cc1. The summed E-state index contributed by atoms with van der Waals surface area (Å²) in [5, 5.41) is 19.6. The molecular formula is C27H15ClF6N2O2. The average molecular weight is 549 g/mol. The highest BCUT2D eigenvalue weighted by molar-refractivity contribution is 6.31. The zero-order chi connectivity index (χ0) is 27.8. The number of carboxylic acid groups (broad SMARTS) is 1. The van der Waals surface area contributed by atoms with Crippen molar-refractivity contribution in [3.63, 3.8) is 0 Å². The third kappa shape index (κ3) is 5.68. The molecule has 0 amide bonds. The van der Waals surface area contributed by atoms with Crippen LogP contribution in [0.25, 0.3) is 22.6 Å². The van der Waals surface area contributed by atoms with Crippen LogP contribution < -0.4 is 0 Å². The van der Waals surface area contributed by atoms with Crippen molar-refractivity contribution in [3.8, 4) is 6.07 Å². The van der Waals surface area contributed by atoms with Gasteiger partial charge in [-0.05, 0) is 59.7 Å². The minimum Gasteiger partial charge on any atom is -0.478 e. The van der Waals surface area contributed by atoms with Gasteiger partial charge in [0.2, 0.25) is 0 Å². The van der Waals surface area contributed by atoms with E-state index in [4.69, 9.17) is 16.7 Å². The van der Waals surface area contributed by atoms with E-state index in [1.165, 1.54) is 47.2 Å². The first kappa shape index (κ1) is 26.8. The van der Waals surface area contributed by atoms with Crippen LogP contribution in [0.2, 0.25) is 5.02 Å². The number of allylic oxidation sites excluding steroid dienone is 1. The molecule has 194 valence electrons. The third-order valence-corrected chi connectivity index (χ3v) is 5.97. The summed E-state index contributed by atoms with van der Waals surface area (Å²) in [6.45, 7) is -0.340. The Morgan fingerprint density at radius 2 is 1.50 bits per heavy atom. The van der Waals surface area contributed by atoms with Crippen molar-refractivity contribution in [3.05, 3.63) is 105 Å². The summed E-state index contributed by atoms with van der Waals surface area (Å²) >= 11 is 6.12. The summed E-state index contributed by atoms with van der Waals surface area (Å²) in [6, 6.07) is 13.7. The highest BCUT2D eigenvalue weighted by Gasteiger charge is 2.36. The van der Waals surface area contributed by atoms with Crippen molar-refractivity contribution in [1.82, 2.24) is 4.57 Å². The molecule has 0 unspecified atom stereocenters. The molecule has 4 nitrogen and oxygen atoms in total. The van der Waals surface area contributed by atoms with Crippen LogP contribution in [-0.2, 0) is 18.9 Å². The van der Waals surface area contributed by atoms with Crippen LogP contribution >= 0.6 is 11.6 Å². The lowest BCUT2D eigenvalue weighted by Gasteiger charge is -2.15. The van der Waals surface area contributed by atoms with Crippen molar-refractivity contribution in [2.75, 3.05) is 0 Å². The second-order valence-corrected chi connectivity index (χ2v) is 8.78. The lowest BCUT2D eigenvalue weighted by atomic mass is 10.0. The number of rotatable bonds is 5. The van der Waals surface area contributed by atoms with Crippen LogP contribution in [0.3, 0.4) is 0 Å². The number of nitriles is 1. The number of carboxylic acids is 1. The molecule has 1 aromatic heterocycles. The van der Waals surface area contributed by atoms with Gasteiger partial charge in [-0.3, -0.25) is 0 Å². The fraction of sp³-hybridized carbons (Fsp3) is 0.111. The van der Waals surface area contributed by atoms with E-state index < -0.39 is 29.4 Å². The number of carbonyl (C=O) groups is 1. The highest BCUT2D eigenvalue weighted by atomic mass is 35.5. The maximum absolute atomic E-state index is 13.3. The predicted octanol–water partition coefficient (Wildman–Crippen LogP) is 8.14. The summed E-state index contributed by atoms with van der Waals surface area (Å²) < 4.78 is 81.5. The Morgan fingerprint density at radius 1 is 0.921 bits per heavy atom. The van der Waals surface area contributed by atoms with Crippen LogP contribution in [0.15, 0.2) is 66.9 Å². The van der Waals surface area contributed by atoms with Crippen molar-refractivity contribution >= 4 is 40.1 Å². The summed E-state index contributed by atoms with van der Waals surface area (Å²) in [5.74, 6) is -1.14. The summed E-state index contributed by atoms with van der Waals surface area (Å²) in [7, 11) is 0. The topological polar surface area (TPSA) is 66.0 Å². The molecule has 0 saturated carbocycles. The second kappa shape index (κ2) is 9.91. The molecule has 0 aliphatic carbocycles. The van der Waals surface area contributed by atoms with Gasteiger partial charge in [-0.15, -0.1) is 0 Å². The van der Waals surface area contributed by atoms with Gasteiger partial charge < -0.3 is 9.67 Å². The zero-order valence-corrected chi connectivity index (χ0v) is 19.8. The van der Waals surface area contributed by atoms with Crippen LogP contribution in [0.1, 0.15) is 38.2 Å². The number of hydrogen-bond acceptors (Lipinski definition) is 2. The van der Waals surface area contributed by atoms with Crippen LogP contribution in [-0.4, -0.2) is 15.6 Å². The molecule has 0 fully saturated rings. The molecule has 0 saturated heterocycles. The molecule has 4 rings (SSSR count). The van der Waals surface area contributed by atoms with Gasteiger partial charge in [0.25, 0.3) is 0 Å². The Kier molecular flexibility index (Phi) is 7.00. The average Bonchev–Trinajstić information content (AvgIpc) is 3.17. The Morgan fingerprint density at radius 3 is 2.03 bits per heavy atom. The van der Waals surface area contributed by atoms with Gasteiger partial charge in [0, 0.05) is 28.7 Å². The monoisotopic (exact) mass is 548 g/mol. The first-order valence-electron chi connectivity index (χ1n) is 10.8. The van der Waals surface area contributed by atoms with E-state index in [0.29, 0.717) is 34.2 Å². The molecule has 0 radical (unpaired) electrons. The normalized spacial score (nSPS) is 12.5. The number of aromatic nitrogens is 1. The fourth-order valence-electron chi connectivity index (χ4n) is 3.97. The molecule has 11 heteroatoms. The second-order valence-electron chi connectivity index (χ2n) is 8.34. The summed E-state index contributed by atoms with van der Waals surface area (Å²) in [4.78, 5) is 11.1. The van der Waals surface area contributed by atoms with Gasteiger partial charge in [-0.25, -0.2) is 4.79 Å². The number of alkyl halides is 6. The number of nitrogens with zero attached hydrogens (tertiary/aromatic N) is 2. The van der Waals surface area contributed by atoms with Crippen molar-refractivity contribution < 1.29 is 36.2 Å². The van der Waals surface area contributed by atoms with E-state index in [2.05, 4.69) is 0 Å². The summed E-state index contributed by atoms with van der Waals surface area (Å²) in [5.41, 5.74) is -1.59. The lowest BCUT2D eigenvalue weighted by Crippen LogP contribution is -2.12. The molecule has 0 aliphatic rings. The molecule has 0 spiro atoms. The Labute approximate surface area is 216 Å². The van der Waals surface area contributed by atoms with E-state index in [9.17, 15) is 36.4 Å². The van der Waals surface area contributed by atoms with Crippen molar-refractivity contribution in [2.24, 2.45) is 0 Å². The number of benzene rings is 3. The standard InChI is InChI=1S/C27H15ClF6N2O2/c28-22-5-6-23-19(9-18(12-35)16-1-3-17(4-2-16)25(37)38)14-36(24(23)11-22)13-15-7-20(26(29,30)31)10-21(8-15)27(32,33)34/h1-11,14H,13H2,(H,37,38)/b18-9+. The molecule has 1 N–H and O–H groups in total. The predicted molar refractivity (Wildman–Crippen MR) is 129 cm³/mol. The van der Waals surface area contributed by atoms with E-state index in [1.54, 1.807) is 12.1 Å². The minimum absolute atomic E-state index is 0.0246. The fourth-order valence-corrected chi connectivity index (χ4v) is 4.14. The van der Waals surface area contributed by atoms with Gasteiger partial charge in [0.05, 0.1) is 33.8 Å². The van der Waals surface area contributed by atoms with Gasteiger partial charge in [0.1, 0.15) is 0 Å². The molecular weight excluding hydrogens is 534 g/mol. The van der Waals surface area contributed by atoms with E-state index in [1.807, 2.05) is 6.07 Å². The smallest absolute Gasteiger partial charge is 0.416 e. The van der Waals surface area contributed by atoms with Gasteiger partial charge in [0.15, 0.2) is 0 Å². The quantitative estimate of drug-likeness (QED) is 0.202. The first-order chi connectivity index (χ1) is 17.8. The maximum atomic E-state index is 13.3. The molecule has 0 bridgehead atoms. The molecule has 4 aromatic rings. The first-order valence-corrected chi connectivity index (χ1v) is 11.2. The Bertz CT molecular complexity index is 1580. The number of fused-ring (bicyclic) bond motifs is 1. The molecule has 1 heterocycles. The van der Waals surface area contributed by atoms with E-state index in [-0.39, 0.29) is 34.3 Å². The molecule has 0 atom stereocenters. The maximum Gasteiger partial charge on any atom is 0.416 e. The minimum atomic E-state index is -4.98. The number of hydrogen-bond donors (Lipinski definition) is 1. The largest absolute Gasteiger partial charge is 0.478 e. The van der Waals surface area contributed by atoms with Gasteiger partial charge >= 0.3 is 18.3 Å². The van der Waals surface area contributed by atoms with Crippen LogP contribution in [0.4, 0.5) is 26.3 Å². The number of aromatic carboxylic acids is 1. The lowest BCUT2D eigenvalue weighted by molar-refractivity contribution is -0.143. The van der Waals surface area contributed by atoms with Gasteiger partial charge in [-0.1, -0.05) is 29.8 Å². The zero-order valence-electron chi connectivity index (χ0n) is 19.0. The van der Waals surface area contributed by atoms with Crippen LogP contribution in [0.5, 0.6) is 0 Å². The summed E-state index contributed by atoms with van der Waals surface area (Å²) in [6.07, 6.45) is -6.97. The highest BCUT2D eigenvalue weighted by Crippen LogP contribution is 2.37. The van der Waals surface area contributed by atoms with E-state index in [0.717, 1.165) is 0 Å². The van der Waals surface area contributed by atoms with E-state index >= 15 is 0 Å². The van der Waals surface area contributed by atoms with Gasteiger partial charge in [-0.2, -0.15) is 31.6 Å². The molecule has 38 heavy (non-hydrogen) atoms. The molecule has 0 aliphatic heterocycles. The Balaban J connectivity index is 1.83. The Hall–Kier alpha value is -4.23. The number of halogens is 7. The van der Waals surface area contributed by atoms with Crippen molar-refractivity contribution in [1.29, 1.82) is 5.26 Å². The third-order valence-electron chi connectivity index (χ3n) is 5.74. The van der Waals surface area contributed by atoms with Crippen LogP contribution in [0, 0.1) is 11.3 Å².